The van der Waals surface area contributed by atoms with Gasteiger partial charge < -0.3 is 0 Å². The fourth-order valence-electron chi connectivity index (χ4n) is 1.57. The SMILES string of the molecule is C=C(C)/C=C(C=C(C)C)/C(C=C(C)C)=C/C(=C)C. The summed E-state index contributed by atoms with van der Waals surface area (Å²) in [5.41, 5.74) is 7.03. The van der Waals surface area contributed by atoms with Crippen LogP contribution in [-0.4, -0.2) is 0 Å². The minimum absolute atomic E-state index is 1.05. The van der Waals surface area contributed by atoms with Gasteiger partial charge in [-0.2, -0.15) is 0 Å². The van der Waals surface area contributed by atoms with E-state index < -0.39 is 0 Å². The second-order valence-electron chi connectivity index (χ2n) is 5.34. The van der Waals surface area contributed by atoms with Gasteiger partial charge in [0.1, 0.15) is 0 Å². The third kappa shape index (κ3) is 7.67. The van der Waals surface area contributed by atoms with E-state index >= 15 is 0 Å². The number of hydrogen-bond donors (Lipinski definition) is 0. The van der Waals surface area contributed by atoms with E-state index in [1.807, 2.05) is 13.8 Å². The van der Waals surface area contributed by atoms with Crippen molar-refractivity contribution in [3.8, 4) is 0 Å². The Morgan fingerprint density at radius 2 is 0.833 bits per heavy atom. The van der Waals surface area contributed by atoms with Crippen molar-refractivity contribution in [2.45, 2.75) is 41.5 Å². The summed E-state index contributed by atoms with van der Waals surface area (Å²) in [6, 6.07) is 0. The van der Waals surface area contributed by atoms with Crippen molar-refractivity contribution < 1.29 is 0 Å². The molecule has 0 aliphatic carbocycles. The Bertz CT molecular complexity index is 396. The average Bonchev–Trinajstić information content (AvgIpc) is 2.12. The van der Waals surface area contributed by atoms with Crippen LogP contribution >= 0.6 is 0 Å². The molecule has 0 heterocycles. The van der Waals surface area contributed by atoms with Crippen LogP contribution in [0.5, 0.6) is 0 Å². The Hall–Kier alpha value is -1.56. The Morgan fingerprint density at radius 1 is 0.556 bits per heavy atom. The summed E-state index contributed by atoms with van der Waals surface area (Å²) in [4.78, 5) is 0. The fraction of sp³-hybridized carbons (Fsp3) is 0.333. The van der Waals surface area contributed by atoms with Gasteiger partial charge in [0, 0.05) is 0 Å². The van der Waals surface area contributed by atoms with E-state index in [1.165, 1.54) is 22.3 Å². The van der Waals surface area contributed by atoms with Gasteiger partial charge in [0.25, 0.3) is 0 Å². The minimum Gasteiger partial charge on any atom is -0.0961 e. The van der Waals surface area contributed by atoms with Crippen LogP contribution in [0.2, 0.25) is 0 Å². The second-order valence-corrected chi connectivity index (χ2v) is 5.34. The molecule has 0 spiro atoms. The van der Waals surface area contributed by atoms with Gasteiger partial charge in [0.15, 0.2) is 0 Å². The first-order chi connectivity index (χ1) is 8.22. The highest BCUT2D eigenvalue weighted by Crippen LogP contribution is 2.20. The first-order valence-electron chi connectivity index (χ1n) is 6.27. The number of hydrogen-bond acceptors (Lipinski definition) is 0. The van der Waals surface area contributed by atoms with Crippen LogP contribution in [0.15, 0.2) is 70.9 Å². The first-order valence-corrected chi connectivity index (χ1v) is 6.27. The lowest BCUT2D eigenvalue weighted by Crippen LogP contribution is -1.88. The quantitative estimate of drug-likeness (QED) is 0.525. The fourth-order valence-corrected chi connectivity index (χ4v) is 1.57. The summed E-state index contributed by atoms with van der Waals surface area (Å²) in [5.74, 6) is 0. The van der Waals surface area contributed by atoms with Crippen LogP contribution in [0.3, 0.4) is 0 Å². The molecule has 0 aromatic heterocycles. The van der Waals surface area contributed by atoms with Gasteiger partial charge in [-0.1, -0.05) is 59.8 Å². The number of allylic oxidation sites excluding steroid dienone is 10. The summed E-state index contributed by atoms with van der Waals surface area (Å²) >= 11 is 0. The van der Waals surface area contributed by atoms with Crippen LogP contribution in [0.4, 0.5) is 0 Å². The van der Waals surface area contributed by atoms with E-state index in [1.54, 1.807) is 0 Å². The summed E-state index contributed by atoms with van der Waals surface area (Å²) in [6.07, 6.45) is 8.59. The molecule has 0 atom stereocenters. The molecule has 0 bridgehead atoms. The van der Waals surface area contributed by atoms with E-state index in [2.05, 4.69) is 65.2 Å². The predicted molar refractivity (Wildman–Crippen MR) is 84.7 cm³/mol. The van der Waals surface area contributed by atoms with Crippen molar-refractivity contribution in [1.82, 2.24) is 0 Å². The Labute approximate surface area is 113 Å². The summed E-state index contributed by atoms with van der Waals surface area (Å²) in [5, 5.41) is 0. The predicted octanol–water partition coefficient (Wildman–Crippen LogP) is 5.92. The molecule has 0 nitrogen and oxygen atoms in total. The molecule has 18 heavy (non-hydrogen) atoms. The lowest BCUT2D eigenvalue weighted by molar-refractivity contribution is 1.32. The Balaban J connectivity index is 5.80. The molecule has 0 unspecified atom stereocenters. The third-order valence-corrected chi connectivity index (χ3v) is 2.03. The van der Waals surface area contributed by atoms with E-state index in [9.17, 15) is 0 Å². The molecule has 98 valence electrons. The van der Waals surface area contributed by atoms with Crippen LogP contribution in [-0.2, 0) is 0 Å². The molecule has 0 heteroatoms. The van der Waals surface area contributed by atoms with Crippen molar-refractivity contribution in [3.05, 3.63) is 70.9 Å². The molecule has 0 N–H and O–H groups in total. The summed E-state index contributed by atoms with van der Waals surface area (Å²) < 4.78 is 0. The molecule has 0 aromatic rings. The van der Waals surface area contributed by atoms with Crippen molar-refractivity contribution in [3.63, 3.8) is 0 Å². The molecule has 0 fully saturated rings. The highest BCUT2D eigenvalue weighted by molar-refractivity contribution is 5.52. The van der Waals surface area contributed by atoms with Gasteiger partial charge in [-0.3, -0.25) is 0 Å². The molecule has 0 aliphatic rings. The smallest absolute Gasteiger partial charge is 0.0182 e. The molecule has 0 radical (unpaired) electrons. The van der Waals surface area contributed by atoms with Crippen molar-refractivity contribution in [2.75, 3.05) is 0 Å². The van der Waals surface area contributed by atoms with Gasteiger partial charge in [-0.15, -0.1) is 0 Å². The molecule has 0 aliphatic heterocycles. The van der Waals surface area contributed by atoms with Gasteiger partial charge in [0.2, 0.25) is 0 Å². The number of rotatable bonds is 5. The zero-order chi connectivity index (χ0) is 14.3. The third-order valence-electron chi connectivity index (χ3n) is 2.03. The summed E-state index contributed by atoms with van der Waals surface area (Å²) in [7, 11) is 0. The van der Waals surface area contributed by atoms with Crippen LogP contribution in [0, 0.1) is 0 Å². The molecule has 0 aromatic carbocycles. The molecule has 0 saturated heterocycles. The maximum atomic E-state index is 3.97. The Morgan fingerprint density at radius 3 is 1.00 bits per heavy atom. The van der Waals surface area contributed by atoms with Crippen molar-refractivity contribution >= 4 is 0 Å². The van der Waals surface area contributed by atoms with E-state index in [-0.39, 0.29) is 0 Å². The zero-order valence-electron chi connectivity index (χ0n) is 12.7. The van der Waals surface area contributed by atoms with Crippen LogP contribution < -0.4 is 0 Å². The maximum Gasteiger partial charge on any atom is -0.0182 e. The maximum absolute atomic E-state index is 3.97. The highest BCUT2D eigenvalue weighted by atomic mass is 14.1. The van der Waals surface area contributed by atoms with E-state index in [4.69, 9.17) is 0 Å². The molecule has 0 rings (SSSR count). The Kier molecular flexibility index (Phi) is 7.04. The lowest BCUT2D eigenvalue weighted by atomic mass is 9.98. The van der Waals surface area contributed by atoms with Crippen LogP contribution in [0.25, 0.3) is 0 Å². The lowest BCUT2D eigenvalue weighted by Gasteiger charge is -2.07. The normalized spacial score (nSPS) is 11.9. The van der Waals surface area contributed by atoms with Gasteiger partial charge in [-0.25, -0.2) is 0 Å². The molecular formula is C18H26. The minimum atomic E-state index is 1.05. The van der Waals surface area contributed by atoms with E-state index in [0.29, 0.717) is 0 Å². The van der Waals surface area contributed by atoms with Crippen LogP contribution in [0.1, 0.15) is 41.5 Å². The van der Waals surface area contributed by atoms with Gasteiger partial charge >= 0.3 is 0 Å². The monoisotopic (exact) mass is 242 g/mol. The van der Waals surface area contributed by atoms with Gasteiger partial charge in [-0.05, 0) is 52.7 Å². The highest BCUT2D eigenvalue weighted by Gasteiger charge is 2.01. The first kappa shape index (κ1) is 16.4. The molecule has 0 amide bonds. The standard InChI is InChI=1S/C18H26/c1-13(2)9-17(10-14(3)4)18(11-15(5)6)12-16(7)8/h9-12H,1,5H2,2-4,6-8H3/b17-9+,18-11+. The average molecular weight is 242 g/mol. The molecule has 0 saturated carbocycles. The molecular weight excluding hydrogens is 216 g/mol. The topological polar surface area (TPSA) is 0 Å². The van der Waals surface area contributed by atoms with Crippen molar-refractivity contribution in [2.24, 2.45) is 0 Å². The van der Waals surface area contributed by atoms with Gasteiger partial charge in [0.05, 0.1) is 0 Å². The van der Waals surface area contributed by atoms with E-state index in [0.717, 1.165) is 11.1 Å². The van der Waals surface area contributed by atoms with Crippen molar-refractivity contribution in [1.29, 1.82) is 0 Å². The second kappa shape index (κ2) is 7.71. The largest absolute Gasteiger partial charge is 0.0961 e. The summed E-state index contributed by atoms with van der Waals surface area (Å²) in [6.45, 7) is 20.4. The zero-order valence-corrected chi connectivity index (χ0v) is 12.7.